The summed E-state index contributed by atoms with van der Waals surface area (Å²) in [6.07, 6.45) is -3.64. The summed E-state index contributed by atoms with van der Waals surface area (Å²) in [4.78, 5) is 31.6. The number of aliphatic imine (C=N–C) groups is 1. The molecule has 33 heavy (non-hydrogen) atoms. The zero-order valence-corrected chi connectivity index (χ0v) is 19.1. The molecule has 0 aliphatic carbocycles. The van der Waals surface area contributed by atoms with Crippen LogP contribution in [0.25, 0.3) is 0 Å². The number of methoxy groups -OCH3 is 1. The Kier molecular flexibility index (Phi) is 10.5. The van der Waals surface area contributed by atoms with Gasteiger partial charge in [0, 0.05) is 29.5 Å². The molecule has 1 heterocycles. The molecule has 0 aliphatic rings. The van der Waals surface area contributed by atoms with Crippen molar-refractivity contribution < 1.29 is 34.9 Å². The third-order valence-corrected chi connectivity index (χ3v) is 4.76. The smallest absolute Gasteiger partial charge is 0.348 e. The molecule has 0 saturated carbocycles. The van der Waals surface area contributed by atoms with E-state index in [0.717, 1.165) is 0 Å². The van der Waals surface area contributed by atoms with Gasteiger partial charge < -0.3 is 40.4 Å². The number of rotatable bonds is 12. The maximum absolute atomic E-state index is 11.3. The zero-order chi connectivity index (χ0) is 24.5. The number of aromatic amines is 1. The van der Waals surface area contributed by atoms with E-state index in [9.17, 15) is 25.2 Å². The molecule has 0 aliphatic heterocycles. The van der Waals surface area contributed by atoms with E-state index in [2.05, 4.69) is 20.3 Å². The normalized spacial score (nSPS) is 15.3. The molecule has 0 bridgehead atoms. The standard InChI is InChI=1S/C19H24Cl2N4O8/c1-22-7-13(26)15(28)16(29)14(27)8-32-33-17-9(3-10(20)4-11(17)21)5-23-12-6-24-19(30)25-18(12)31-2/h3-6,13-16,22,26-29H,7-8H2,1-2H3,(H,24,25,30)/b23-5+. The summed E-state index contributed by atoms with van der Waals surface area (Å²) in [5.74, 6) is -0.0309. The van der Waals surface area contributed by atoms with Crippen molar-refractivity contribution in [1.82, 2.24) is 15.3 Å². The van der Waals surface area contributed by atoms with Crippen LogP contribution in [0.5, 0.6) is 11.6 Å². The van der Waals surface area contributed by atoms with Gasteiger partial charge in [-0.05, 0) is 19.2 Å². The zero-order valence-electron chi connectivity index (χ0n) is 17.6. The molecule has 0 amide bonds. The Hall–Kier alpha value is -2.29. The van der Waals surface area contributed by atoms with Crippen molar-refractivity contribution in [3.8, 4) is 11.6 Å². The Morgan fingerprint density at radius 2 is 1.91 bits per heavy atom. The Morgan fingerprint density at radius 1 is 1.21 bits per heavy atom. The Bertz CT molecular complexity index is 1010. The van der Waals surface area contributed by atoms with Gasteiger partial charge in [-0.25, -0.2) is 9.79 Å². The number of aliphatic hydroxyl groups excluding tert-OH is 4. The van der Waals surface area contributed by atoms with Crippen molar-refractivity contribution in [2.24, 2.45) is 4.99 Å². The van der Waals surface area contributed by atoms with Crippen LogP contribution in [0.2, 0.25) is 10.0 Å². The lowest BCUT2D eigenvalue weighted by molar-refractivity contribution is -0.238. The van der Waals surface area contributed by atoms with Crippen molar-refractivity contribution in [3.63, 3.8) is 0 Å². The van der Waals surface area contributed by atoms with Gasteiger partial charge in [0.1, 0.15) is 30.6 Å². The highest BCUT2D eigenvalue weighted by molar-refractivity contribution is 6.36. The first kappa shape index (κ1) is 27.0. The number of likely N-dealkylation sites (N-methyl/N-ethyl adjacent to an activating group) is 1. The monoisotopic (exact) mass is 506 g/mol. The van der Waals surface area contributed by atoms with E-state index in [1.54, 1.807) is 7.05 Å². The summed E-state index contributed by atoms with van der Waals surface area (Å²) >= 11 is 12.2. The molecule has 1 aromatic heterocycles. The van der Waals surface area contributed by atoms with Crippen LogP contribution in [0.4, 0.5) is 5.69 Å². The van der Waals surface area contributed by atoms with Crippen LogP contribution in [0, 0.1) is 0 Å². The lowest BCUT2D eigenvalue weighted by Crippen LogP contribution is -2.49. The van der Waals surface area contributed by atoms with Crippen LogP contribution in [-0.4, -0.2) is 88.3 Å². The van der Waals surface area contributed by atoms with Gasteiger partial charge in [0.05, 0.1) is 18.2 Å². The summed E-state index contributed by atoms with van der Waals surface area (Å²) in [6.45, 7) is -0.571. The molecule has 2 rings (SSSR count). The van der Waals surface area contributed by atoms with Gasteiger partial charge in [0.2, 0.25) is 5.88 Å². The van der Waals surface area contributed by atoms with E-state index in [-0.39, 0.29) is 39.5 Å². The number of hydrogen-bond donors (Lipinski definition) is 6. The fraction of sp³-hybridized carbons (Fsp3) is 0.421. The Morgan fingerprint density at radius 3 is 2.58 bits per heavy atom. The molecule has 0 saturated heterocycles. The molecule has 2 aromatic rings. The maximum atomic E-state index is 11.3. The lowest BCUT2D eigenvalue weighted by Gasteiger charge is -2.26. The number of halogens is 2. The average molecular weight is 507 g/mol. The minimum atomic E-state index is -1.71. The highest BCUT2D eigenvalue weighted by Crippen LogP contribution is 2.32. The highest BCUT2D eigenvalue weighted by atomic mass is 35.5. The van der Waals surface area contributed by atoms with Crippen molar-refractivity contribution in [1.29, 1.82) is 0 Å². The third-order valence-electron chi connectivity index (χ3n) is 4.26. The van der Waals surface area contributed by atoms with Crippen molar-refractivity contribution in [2.75, 3.05) is 27.3 Å². The molecular formula is C19H24Cl2N4O8. The second-order valence-electron chi connectivity index (χ2n) is 6.71. The van der Waals surface area contributed by atoms with E-state index in [1.165, 1.54) is 31.7 Å². The molecule has 6 N–H and O–H groups in total. The average Bonchev–Trinajstić information content (AvgIpc) is 2.78. The molecule has 14 heteroatoms. The minimum absolute atomic E-state index is 0.000982. The predicted octanol–water partition coefficient (Wildman–Crippen LogP) is -0.191. The first-order valence-corrected chi connectivity index (χ1v) is 10.3. The second kappa shape index (κ2) is 12.8. The number of nitrogens with one attached hydrogen (secondary N) is 2. The highest BCUT2D eigenvalue weighted by Gasteiger charge is 2.30. The summed E-state index contributed by atoms with van der Waals surface area (Å²) in [5, 5.41) is 42.5. The SMILES string of the molecule is CNCC(O)C(O)C(O)C(O)COOc1c(Cl)cc(Cl)cc1/C=N/c1c[nH]c(=O)nc1OC. The first-order chi connectivity index (χ1) is 15.7. The maximum Gasteiger partial charge on any atom is 0.348 e. The topological polar surface area (TPSA) is 179 Å². The van der Waals surface area contributed by atoms with E-state index in [0.29, 0.717) is 0 Å². The number of benzene rings is 1. The molecule has 0 radical (unpaired) electrons. The number of aromatic nitrogens is 2. The number of aliphatic hydroxyl groups is 4. The van der Waals surface area contributed by atoms with Crippen LogP contribution < -0.4 is 20.6 Å². The summed E-state index contributed by atoms with van der Waals surface area (Å²) in [5.41, 5.74) is -0.147. The molecule has 0 spiro atoms. The van der Waals surface area contributed by atoms with E-state index in [4.69, 9.17) is 37.7 Å². The van der Waals surface area contributed by atoms with Gasteiger partial charge >= 0.3 is 5.69 Å². The van der Waals surface area contributed by atoms with Gasteiger partial charge in [-0.3, -0.25) is 0 Å². The molecule has 1 aromatic carbocycles. The quantitative estimate of drug-likeness (QED) is 0.128. The Labute approximate surface area is 198 Å². The van der Waals surface area contributed by atoms with Crippen LogP contribution in [0.1, 0.15) is 5.56 Å². The summed E-state index contributed by atoms with van der Waals surface area (Å²) in [6, 6.07) is 2.84. The van der Waals surface area contributed by atoms with Crippen LogP contribution in [0.3, 0.4) is 0 Å². The largest absolute Gasteiger partial charge is 0.479 e. The molecule has 12 nitrogen and oxygen atoms in total. The van der Waals surface area contributed by atoms with E-state index in [1.807, 2.05) is 0 Å². The molecule has 182 valence electrons. The number of hydrogen-bond acceptors (Lipinski definition) is 11. The minimum Gasteiger partial charge on any atom is -0.479 e. The van der Waals surface area contributed by atoms with Crippen molar-refractivity contribution in [2.45, 2.75) is 24.4 Å². The first-order valence-electron chi connectivity index (χ1n) is 9.51. The molecular weight excluding hydrogens is 483 g/mol. The van der Waals surface area contributed by atoms with E-state index >= 15 is 0 Å². The Balaban J connectivity index is 2.13. The van der Waals surface area contributed by atoms with Gasteiger partial charge in [-0.1, -0.05) is 23.2 Å². The van der Waals surface area contributed by atoms with Gasteiger partial charge in [-0.2, -0.15) is 9.87 Å². The number of nitrogens with zero attached hydrogens (tertiary/aromatic N) is 2. The summed E-state index contributed by atoms with van der Waals surface area (Å²) < 4.78 is 5.01. The fourth-order valence-electron chi connectivity index (χ4n) is 2.57. The fourth-order valence-corrected chi connectivity index (χ4v) is 3.11. The molecule has 4 atom stereocenters. The number of ether oxygens (including phenoxy) is 1. The number of H-pyrrole nitrogens is 1. The van der Waals surface area contributed by atoms with Crippen LogP contribution >= 0.6 is 23.2 Å². The van der Waals surface area contributed by atoms with Crippen molar-refractivity contribution in [3.05, 3.63) is 44.4 Å². The summed E-state index contributed by atoms with van der Waals surface area (Å²) in [7, 11) is 2.88. The molecule has 4 unspecified atom stereocenters. The third kappa shape index (κ3) is 7.62. The second-order valence-corrected chi connectivity index (χ2v) is 7.55. The van der Waals surface area contributed by atoms with Crippen molar-refractivity contribution >= 4 is 35.1 Å². The van der Waals surface area contributed by atoms with E-state index < -0.39 is 36.7 Å². The lowest BCUT2D eigenvalue weighted by atomic mass is 10.0. The molecule has 0 fully saturated rings. The van der Waals surface area contributed by atoms with Gasteiger partial charge in [0.25, 0.3) is 0 Å². The van der Waals surface area contributed by atoms with Crippen LogP contribution in [0.15, 0.2) is 28.1 Å². The predicted molar refractivity (Wildman–Crippen MR) is 120 cm³/mol. The van der Waals surface area contributed by atoms with Gasteiger partial charge in [0.15, 0.2) is 5.75 Å². The van der Waals surface area contributed by atoms with Gasteiger partial charge in [-0.15, -0.1) is 0 Å². The van der Waals surface area contributed by atoms with Crippen LogP contribution in [-0.2, 0) is 4.89 Å².